The number of halogens is 15. The van der Waals surface area contributed by atoms with Gasteiger partial charge in [0.05, 0.1) is 32.8 Å². The number of benzene rings is 8. The number of hydrogen-bond donors (Lipinski definition) is 4. The van der Waals surface area contributed by atoms with Crippen LogP contribution in [0.15, 0.2) is 199 Å². The van der Waals surface area contributed by atoms with Crippen LogP contribution in [0.3, 0.4) is 0 Å². The Morgan fingerprint density at radius 1 is 0.412 bits per heavy atom. The SMILES string of the molecule is CCCC(C)N1CCC(N(Cc2ccccc2)C(=O)Nc2cc(F)cc(S(F)(F)(F)(F)F)c2)CC1.CCCC(C)N1CCC(N(Cc2ccccc2)C(=O)Nc2ccc(C#N)c(C(F)(F)F)c2)CC1.CCCC(C)N1CCC(N(Cc2ccccc2)C(=O)Nc2ccc(Cl)c(Cl)c2)CC1.CCCCN1CCC(N(Cc2ccccc2)C(=O)Nc2cc(F)cc(C(F)(F)F)c2)CC1. The first kappa shape index (κ1) is 105. The maximum Gasteiger partial charge on any atom is 0.417 e. The maximum absolute atomic E-state index is 13.8. The van der Waals surface area contributed by atoms with E-state index in [2.05, 4.69) is 101 Å². The molecular formula is C98H122Cl2F13N13O4S. The number of nitrogens with zero attached hydrogens (tertiary/aromatic N) is 9. The molecule has 0 radical (unpaired) electrons. The summed E-state index contributed by atoms with van der Waals surface area (Å²) in [7, 11) is -10.1. The van der Waals surface area contributed by atoms with E-state index in [0.717, 1.165) is 182 Å². The Morgan fingerprint density at radius 3 is 1.06 bits per heavy atom. The number of piperidine rings is 4. The second-order valence-electron chi connectivity index (χ2n) is 34.2. The van der Waals surface area contributed by atoms with Gasteiger partial charge in [0, 0.05) is 144 Å². The molecule has 3 unspecified atom stereocenters. The molecule has 0 aromatic heterocycles. The molecule has 4 saturated heterocycles. The number of nitrogens with one attached hydrogen (secondary N) is 4. The smallest absolute Gasteiger partial charge is 0.317 e. The molecule has 33 heteroatoms. The van der Waals surface area contributed by atoms with Crippen molar-refractivity contribution >= 4 is 80.3 Å². The lowest BCUT2D eigenvalue weighted by atomic mass is 10.00. The number of carbonyl (C=O) groups is 4. The maximum atomic E-state index is 13.8. The molecule has 4 N–H and O–H groups in total. The lowest BCUT2D eigenvalue weighted by molar-refractivity contribution is -0.138. The highest BCUT2D eigenvalue weighted by molar-refractivity contribution is 8.45. The van der Waals surface area contributed by atoms with Crippen LogP contribution in [0.2, 0.25) is 10.0 Å². The monoisotopic (exact) mass is 1890 g/mol. The summed E-state index contributed by atoms with van der Waals surface area (Å²) in [4.78, 5) is 67.1. The molecule has 0 saturated carbocycles. The van der Waals surface area contributed by atoms with Crippen molar-refractivity contribution in [2.45, 2.75) is 237 Å². The number of amides is 8. The molecule has 714 valence electrons. The van der Waals surface area contributed by atoms with E-state index in [4.69, 9.17) is 28.5 Å². The summed E-state index contributed by atoms with van der Waals surface area (Å²) >= 11 is 12.1. The lowest BCUT2D eigenvalue weighted by Gasteiger charge is -2.41. The normalized spacial score (nSPS) is 16.6. The van der Waals surface area contributed by atoms with Gasteiger partial charge in [-0.25, -0.2) is 28.0 Å². The molecule has 0 spiro atoms. The highest BCUT2D eigenvalue weighted by atomic mass is 35.5. The van der Waals surface area contributed by atoms with Crippen LogP contribution in [0.5, 0.6) is 0 Å². The average molecular weight is 1900 g/mol. The van der Waals surface area contributed by atoms with Crippen LogP contribution in [0.4, 0.5) is 96.5 Å². The van der Waals surface area contributed by atoms with Crippen LogP contribution in [-0.4, -0.2) is 165 Å². The number of carbonyl (C=O) groups excluding carboxylic acids is 4. The zero-order valence-electron chi connectivity index (χ0n) is 75.3. The lowest BCUT2D eigenvalue weighted by Crippen LogP contribution is -2.50. The minimum atomic E-state index is -10.1. The average Bonchev–Trinajstić information content (AvgIpc) is 0.722. The van der Waals surface area contributed by atoms with E-state index in [-0.39, 0.29) is 60.3 Å². The third-order valence-corrected chi connectivity index (χ3v) is 26.2. The number of unbranched alkanes of at least 4 members (excludes halogenated alkanes) is 1. The van der Waals surface area contributed by atoms with Gasteiger partial charge in [0.15, 0.2) is 0 Å². The fourth-order valence-electron chi connectivity index (χ4n) is 17.1. The second-order valence-corrected chi connectivity index (χ2v) is 37.4. The zero-order chi connectivity index (χ0) is 95.3. The van der Waals surface area contributed by atoms with E-state index in [9.17, 15) is 73.7 Å². The van der Waals surface area contributed by atoms with E-state index in [1.165, 1.54) is 23.8 Å². The highest BCUT2D eigenvalue weighted by Crippen LogP contribution is 3.02. The van der Waals surface area contributed by atoms with Crippen LogP contribution < -0.4 is 21.3 Å². The van der Waals surface area contributed by atoms with Crippen LogP contribution in [-0.2, 0) is 38.5 Å². The predicted octanol–water partition coefficient (Wildman–Crippen LogP) is 27.3. The molecule has 8 amide bonds. The fraction of sp³-hybridized carbons (Fsp3) is 0.459. The van der Waals surface area contributed by atoms with Crippen molar-refractivity contribution in [3.63, 3.8) is 0 Å². The third kappa shape index (κ3) is 33.1. The van der Waals surface area contributed by atoms with Gasteiger partial charge in [-0.2, -0.15) is 31.6 Å². The van der Waals surface area contributed by atoms with E-state index >= 15 is 0 Å². The molecular weight excluding hydrogens is 1770 g/mol. The van der Waals surface area contributed by atoms with E-state index in [1.807, 2.05) is 102 Å². The number of alkyl halides is 6. The number of anilines is 4. The number of likely N-dealkylation sites (tertiary alicyclic amines) is 4. The Balaban J connectivity index is 0.000000197. The summed E-state index contributed by atoms with van der Waals surface area (Å²) in [6, 6.07) is 50.3. The van der Waals surface area contributed by atoms with Gasteiger partial charge in [0.25, 0.3) is 0 Å². The van der Waals surface area contributed by atoms with Crippen LogP contribution in [0.1, 0.15) is 190 Å². The van der Waals surface area contributed by atoms with Crippen LogP contribution in [0.25, 0.3) is 0 Å². The van der Waals surface area contributed by atoms with Crippen molar-refractivity contribution in [2.24, 2.45) is 0 Å². The molecule has 3 atom stereocenters. The molecule has 4 aliphatic heterocycles. The van der Waals surface area contributed by atoms with Crippen LogP contribution in [0, 0.1) is 23.0 Å². The Bertz CT molecular complexity index is 4970. The highest BCUT2D eigenvalue weighted by Gasteiger charge is 2.66. The Hall–Kier alpha value is -9.81. The van der Waals surface area contributed by atoms with E-state index in [0.29, 0.717) is 78.5 Å². The molecule has 4 heterocycles. The van der Waals surface area contributed by atoms with E-state index < -0.39 is 79.6 Å². The Morgan fingerprint density at radius 2 is 0.740 bits per heavy atom. The zero-order valence-corrected chi connectivity index (χ0v) is 77.6. The van der Waals surface area contributed by atoms with Crippen molar-refractivity contribution in [3.05, 3.63) is 255 Å². The first-order valence-corrected chi connectivity index (χ1v) is 47.7. The van der Waals surface area contributed by atoms with Gasteiger partial charge in [-0.1, -0.05) is 217 Å². The molecule has 4 fully saturated rings. The second kappa shape index (κ2) is 48.2. The fourth-order valence-corrected chi connectivity index (χ4v) is 18.1. The van der Waals surface area contributed by atoms with Gasteiger partial charge in [-0.3, -0.25) is 0 Å². The number of nitriles is 1. The Kier molecular flexibility index (Phi) is 38.6. The standard InChI is InChI=1S/C26H31F3N4O.C24H31Cl2N3O.C24H31F6N3OS.C24H29F4N3O/c1-3-7-19(2)32-14-12-23(13-15-32)33(18-20-8-5-4-6-9-20)25(34)31-22-11-10-21(17-30)24(16-22)26(27,28)29;1-3-7-18(2)28-14-12-21(13-15-28)29(17-19-8-5-4-6-9-19)24(30)27-20-10-11-22(25)23(26)16-20;1-3-7-18(2)32-12-10-22(11-13-32)33(17-19-8-5-4-6-9-19)24(34)31-21-14-20(25)15-23(16-21)35(26,27,28,29)30;1-2-3-11-30-12-9-22(10-13-30)31(17-18-7-5-4-6-8-18)23(32)29-21-15-19(24(26,27)28)14-20(25)16-21/h4-6,8-11,16,19,23H,3,7,12-15,18H2,1-2H3,(H,31,34);4-6,8-11,16,18,21H,3,7,12-15,17H2,1-2H3,(H,27,30);4-6,8-9,14-16,18,22H,3,7,10-13,17H2,1-2H3,(H,31,34);4-8,14-16,22H,2-3,9-13,17H2,1H3,(H,29,32). The van der Waals surface area contributed by atoms with Crippen molar-refractivity contribution in [1.82, 2.24) is 39.2 Å². The summed E-state index contributed by atoms with van der Waals surface area (Å²) in [5.41, 5.74) is 0.935. The summed E-state index contributed by atoms with van der Waals surface area (Å²) in [6.07, 6.45) is 6.05. The van der Waals surface area contributed by atoms with E-state index in [1.54, 1.807) is 46.2 Å². The quantitative estimate of drug-likeness (QED) is 0.0334. The summed E-state index contributed by atoms with van der Waals surface area (Å²) < 4.78 is 173. The first-order valence-electron chi connectivity index (χ1n) is 45.0. The molecule has 17 nitrogen and oxygen atoms in total. The number of hydrogen-bond acceptors (Lipinski definition) is 9. The van der Waals surface area contributed by atoms with Gasteiger partial charge in [0.2, 0.25) is 0 Å². The van der Waals surface area contributed by atoms with Gasteiger partial charge >= 0.3 is 46.7 Å². The number of rotatable bonds is 29. The summed E-state index contributed by atoms with van der Waals surface area (Å²) in [5.74, 6) is -2.56. The van der Waals surface area contributed by atoms with Gasteiger partial charge < -0.3 is 60.5 Å². The van der Waals surface area contributed by atoms with Crippen LogP contribution >= 0.6 is 33.4 Å². The van der Waals surface area contributed by atoms with Crippen molar-refractivity contribution in [2.75, 3.05) is 80.2 Å². The minimum absolute atomic E-state index is 0.0170. The van der Waals surface area contributed by atoms with Crippen molar-refractivity contribution in [1.29, 1.82) is 5.26 Å². The third-order valence-electron chi connectivity index (χ3n) is 24.4. The molecule has 8 aromatic carbocycles. The van der Waals surface area contributed by atoms with Gasteiger partial charge in [-0.15, -0.1) is 0 Å². The minimum Gasteiger partial charge on any atom is -0.317 e. The largest absolute Gasteiger partial charge is 0.417 e. The first-order chi connectivity index (χ1) is 62.1. The topological polar surface area (TPSA) is 166 Å². The van der Waals surface area contributed by atoms with Crippen molar-refractivity contribution in [3.8, 4) is 6.07 Å². The predicted molar refractivity (Wildman–Crippen MR) is 497 cm³/mol. The van der Waals surface area contributed by atoms with Crippen molar-refractivity contribution < 1.29 is 73.7 Å². The molecule has 4 aliphatic rings. The summed E-state index contributed by atoms with van der Waals surface area (Å²) in [5, 5.41) is 20.3. The van der Waals surface area contributed by atoms with Gasteiger partial charge in [0.1, 0.15) is 16.5 Å². The molecule has 0 bridgehead atoms. The molecule has 8 aromatic rings. The number of urea groups is 4. The molecule has 12 rings (SSSR count). The molecule has 131 heavy (non-hydrogen) atoms. The summed E-state index contributed by atoms with van der Waals surface area (Å²) in [6.45, 7) is 24.8. The molecule has 0 aliphatic carbocycles. The van der Waals surface area contributed by atoms with Gasteiger partial charge in [-0.05, 0) is 199 Å². The Labute approximate surface area is 772 Å².